The van der Waals surface area contributed by atoms with Crippen molar-refractivity contribution >= 4 is 23.6 Å². The number of halogens is 3. The molecular weight excluding hydrogens is 331 g/mol. The molecule has 0 unspecified atom stereocenters. The van der Waals surface area contributed by atoms with E-state index in [9.17, 15) is 22.8 Å². The van der Waals surface area contributed by atoms with E-state index in [1.807, 2.05) is 0 Å². The Balaban J connectivity index is 1.93. The molecule has 0 spiro atoms. The summed E-state index contributed by atoms with van der Waals surface area (Å²) in [5.41, 5.74) is -0.543. The molecule has 1 aliphatic heterocycles. The summed E-state index contributed by atoms with van der Waals surface area (Å²) in [5, 5.41) is 0.132. The van der Waals surface area contributed by atoms with Crippen molar-refractivity contribution in [1.82, 2.24) is 4.90 Å². The largest absolute Gasteiger partial charge is 0.468 e. The van der Waals surface area contributed by atoms with Gasteiger partial charge in [-0.05, 0) is 30.7 Å². The lowest BCUT2D eigenvalue weighted by atomic mass is 10.1. The minimum atomic E-state index is -4.41. The quantitative estimate of drug-likeness (QED) is 0.786. The summed E-state index contributed by atoms with van der Waals surface area (Å²) in [6.45, 7) is 1.00. The zero-order valence-electron chi connectivity index (χ0n) is 12.4. The van der Waals surface area contributed by atoms with E-state index in [0.29, 0.717) is 13.1 Å². The fourth-order valence-electron chi connectivity index (χ4n) is 2.28. The molecular formula is C15H16F3NO3S. The van der Waals surface area contributed by atoms with Gasteiger partial charge in [0, 0.05) is 23.9 Å². The SMILES string of the molecule is COC(=O)CS[C@H]1CCN(C(=O)c2ccc(C(F)(F)F)cc2)C1. The van der Waals surface area contributed by atoms with Crippen LogP contribution in [0.25, 0.3) is 0 Å². The molecule has 2 rings (SSSR count). The number of nitrogens with zero attached hydrogens (tertiary/aromatic N) is 1. The molecule has 1 aromatic rings. The van der Waals surface area contributed by atoms with Crippen LogP contribution in [-0.2, 0) is 15.7 Å². The van der Waals surface area contributed by atoms with E-state index in [-0.39, 0.29) is 28.4 Å². The van der Waals surface area contributed by atoms with Crippen molar-refractivity contribution in [1.29, 1.82) is 0 Å². The maximum absolute atomic E-state index is 12.5. The van der Waals surface area contributed by atoms with E-state index in [1.165, 1.54) is 31.0 Å². The standard InChI is InChI=1S/C15H16F3NO3S/c1-22-13(20)9-23-12-6-7-19(8-12)14(21)10-2-4-11(5-3-10)15(16,17)18/h2-5,12H,6-9H2,1H3/t12-/m0/s1. The average molecular weight is 347 g/mol. The van der Waals surface area contributed by atoms with Gasteiger partial charge in [0.05, 0.1) is 18.4 Å². The molecule has 0 aromatic heterocycles. The van der Waals surface area contributed by atoms with Crippen molar-refractivity contribution in [2.45, 2.75) is 17.8 Å². The van der Waals surface area contributed by atoms with E-state index in [4.69, 9.17) is 0 Å². The van der Waals surface area contributed by atoms with Crippen LogP contribution in [0.1, 0.15) is 22.3 Å². The Morgan fingerprint density at radius 1 is 1.30 bits per heavy atom. The van der Waals surface area contributed by atoms with Gasteiger partial charge in [0.2, 0.25) is 0 Å². The van der Waals surface area contributed by atoms with Crippen LogP contribution in [0.5, 0.6) is 0 Å². The van der Waals surface area contributed by atoms with Crippen LogP contribution in [0, 0.1) is 0 Å². The molecule has 23 heavy (non-hydrogen) atoms. The summed E-state index contributed by atoms with van der Waals surface area (Å²) >= 11 is 1.42. The van der Waals surface area contributed by atoms with Crippen LogP contribution in [-0.4, -0.2) is 48.0 Å². The number of rotatable bonds is 4. The molecule has 1 fully saturated rings. The Bertz CT molecular complexity index is 574. The van der Waals surface area contributed by atoms with Gasteiger partial charge >= 0.3 is 12.1 Å². The number of thioether (sulfide) groups is 1. The lowest BCUT2D eigenvalue weighted by Gasteiger charge is -2.17. The van der Waals surface area contributed by atoms with Gasteiger partial charge in [-0.25, -0.2) is 0 Å². The third-order valence-corrected chi connectivity index (χ3v) is 4.81. The Kier molecular flexibility index (Phi) is 5.56. The molecule has 1 aromatic carbocycles. The number of carbonyl (C=O) groups excluding carboxylic acids is 2. The third kappa shape index (κ3) is 4.63. The first-order chi connectivity index (χ1) is 10.8. The van der Waals surface area contributed by atoms with Crippen LogP contribution >= 0.6 is 11.8 Å². The van der Waals surface area contributed by atoms with Crippen LogP contribution < -0.4 is 0 Å². The van der Waals surface area contributed by atoms with Crippen molar-refractivity contribution in [3.63, 3.8) is 0 Å². The molecule has 8 heteroatoms. The van der Waals surface area contributed by atoms with Crippen molar-refractivity contribution in [3.05, 3.63) is 35.4 Å². The van der Waals surface area contributed by atoms with Crippen LogP contribution in [0.15, 0.2) is 24.3 Å². The average Bonchev–Trinajstić information content (AvgIpc) is 3.00. The third-order valence-electron chi connectivity index (χ3n) is 3.56. The van der Waals surface area contributed by atoms with Crippen LogP contribution in [0.4, 0.5) is 13.2 Å². The summed E-state index contributed by atoms with van der Waals surface area (Å²) in [5.74, 6) is -0.383. The van der Waals surface area contributed by atoms with Gasteiger partial charge in [-0.1, -0.05) is 0 Å². The smallest absolute Gasteiger partial charge is 0.416 e. The highest BCUT2D eigenvalue weighted by atomic mass is 32.2. The number of hydrogen-bond acceptors (Lipinski definition) is 4. The van der Waals surface area contributed by atoms with Gasteiger partial charge in [0.1, 0.15) is 0 Å². The first kappa shape index (κ1) is 17.7. The van der Waals surface area contributed by atoms with E-state index >= 15 is 0 Å². The molecule has 0 radical (unpaired) electrons. The van der Waals surface area contributed by atoms with E-state index < -0.39 is 11.7 Å². The maximum atomic E-state index is 12.5. The van der Waals surface area contributed by atoms with E-state index in [2.05, 4.69) is 4.74 Å². The predicted molar refractivity (Wildman–Crippen MR) is 80.2 cm³/mol. The molecule has 1 amide bonds. The highest BCUT2D eigenvalue weighted by Gasteiger charge is 2.31. The monoisotopic (exact) mass is 347 g/mol. The number of amides is 1. The van der Waals surface area contributed by atoms with Crippen LogP contribution in [0.3, 0.4) is 0 Å². The summed E-state index contributed by atoms with van der Waals surface area (Å²) in [6, 6.07) is 4.21. The molecule has 0 aliphatic carbocycles. The maximum Gasteiger partial charge on any atom is 0.416 e. The number of alkyl halides is 3. The highest BCUT2D eigenvalue weighted by Crippen LogP contribution is 2.30. The second-order valence-electron chi connectivity index (χ2n) is 5.12. The summed E-state index contributed by atoms with van der Waals surface area (Å²) in [7, 11) is 1.32. The molecule has 1 saturated heterocycles. The number of benzene rings is 1. The Labute approximate surface area is 136 Å². The number of esters is 1. The van der Waals surface area contributed by atoms with Crippen molar-refractivity contribution in [2.75, 3.05) is 26.0 Å². The van der Waals surface area contributed by atoms with E-state index in [0.717, 1.165) is 18.6 Å². The molecule has 1 aliphatic rings. The summed E-state index contributed by atoms with van der Waals surface area (Å²) < 4.78 is 42.1. The Morgan fingerprint density at radius 3 is 2.52 bits per heavy atom. The zero-order valence-corrected chi connectivity index (χ0v) is 13.2. The molecule has 0 N–H and O–H groups in total. The predicted octanol–water partition coefficient (Wildman–Crippen LogP) is 2.83. The topological polar surface area (TPSA) is 46.6 Å². The highest BCUT2D eigenvalue weighted by molar-refractivity contribution is 8.00. The molecule has 1 heterocycles. The van der Waals surface area contributed by atoms with Gasteiger partial charge in [-0.3, -0.25) is 9.59 Å². The zero-order chi connectivity index (χ0) is 17.0. The molecule has 4 nitrogen and oxygen atoms in total. The second kappa shape index (κ2) is 7.25. The van der Waals surface area contributed by atoms with Crippen molar-refractivity contribution < 1.29 is 27.5 Å². The number of methoxy groups -OCH3 is 1. The van der Waals surface area contributed by atoms with Crippen molar-refractivity contribution in [3.8, 4) is 0 Å². The van der Waals surface area contributed by atoms with Gasteiger partial charge in [0.15, 0.2) is 0 Å². The number of carbonyl (C=O) groups is 2. The molecule has 0 saturated carbocycles. The van der Waals surface area contributed by atoms with Gasteiger partial charge in [0.25, 0.3) is 5.91 Å². The first-order valence-corrected chi connectivity index (χ1v) is 8.01. The van der Waals surface area contributed by atoms with Crippen LogP contribution in [0.2, 0.25) is 0 Å². The minimum Gasteiger partial charge on any atom is -0.468 e. The number of hydrogen-bond donors (Lipinski definition) is 0. The first-order valence-electron chi connectivity index (χ1n) is 6.96. The van der Waals surface area contributed by atoms with Gasteiger partial charge in [-0.2, -0.15) is 13.2 Å². The Morgan fingerprint density at radius 2 is 1.96 bits per heavy atom. The lowest BCUT2D eigenvalue weighted by molar-refractivity contribution is -0.138. The minimum absolute atomic E-state index is 0.132. The Hall–Kier alpha value is -1.70. The summed E-state index contributed by atoms with van der Waals surface area (Å²) in [6.07, 6.45) is -3.67. The van der Waals surface area contributed by atoms with Crippen molar-refractivity contribution in [2.24, 2.45) is 0 Å². The van der Waals surface area contributed by atoms with Gasteiger partial charge < -0.3 is 9.64 Å². The van der Waals surface area contributed by atoms with Gasteiger partial charge in [-0.15, -0.1) is 11.8 Å². The fraction of sp³-hybridized carbons (Fsp3) is 0.467. The molecule has 126 valence electrons. The number of likely N-dealkylation sites (tertiary alicyclic amines) is 1. The molecule has 0 bridgehead atoms. The summed E-state index contributed by atoms with van der Waals surface area (Å²) in [4.78, 5) is 25.0. The fourth-order valence-corrected chi connectivity index (χ4v) is 3.32. The number of ether oxygens (including phenoxy) is 1. The lowest BCUT2D eigenvalue weighted by Crippen LogP contribution is -2.29. The normalized spacial score (nSPS) is 18.1. The molecule has 1 atom stereocenters. The second-order valence-corrected chi connectivity index (χ2v) is 6.41. The van der Waals surface area contributed by atoms with E-state index in [1.54, 1.807) is 4.90 Å².